The lowest BCUT2D eigenvalue weighted by Crippen LogP contribution is -2.27. The van der Waals surface area contributed by atoms with E-state index in [0.717, 1.165) is 16.6 Å². The second-order valence-corrected chi connectivity index (χ2v) is 7.80. The summed E-state index contributed by atoms with van der Waals surface area (Å²) >= 11 is 6.40. The van der Waals surface area contributed by atoms with E-state index < -0.39 is 6.09 Å². The van der Waals surface area contributed by atoms with Crippen molar-refractivity contribution in [3.05, 3.63) is 59.8 Å². The number of hydrogen-bond acceptors (Lipinski definition) is 5. The molecule has 0 unspecified atom stereocenters. The highest BCUT2D eigenvalue weighted by atomic mass is 35.5. The second kappa shape index (κ2) is 9.17. The number of aromatic nitrogens is 3. The molecule has 2 heterocycles. The van der Waals surface area contributed by atoms with E-state index in [0.29, 0.717) is 33.4 Å². The highest BCUT2D eigenvalue weighted by Gasteiger charge is 2.13. The fraction of sp³-hybridized carbons (Fsp3) is 0.130. The number of imidazole rings is 1. The Kier molecular flexibility index (Phi) is 6.14. The summed E-state index contributed by atoms with van der Waals surface area (Å²) < 4.78 is 4.60. The smallest absolute Gasteiger partial charge is 0.411 e. The summed E-state index contributed by atoms with van der Waals surface area (Å²) in [5, 5.41) is 5.91. The van der Waals surface area contributed by atoms with Gasteiger partial charge in [0.25, 0.3) is 0 Å². The number of benzene rings is 2. The molecular formula is C23H21ClN6O3. The third-order valence-electron chi connectivity index (χ3n) is 4.87. The van der Waals surface area contributed by atoms with Crippen molar-refractivity contribution in [2.75, 3.05) is 31.8 Å². The number of halogens is 1. The van der Waals surface area contributed by atoms with Gasteiger partial charge in [0, 0.05) is 42.8 Å². The number of methoxy groups -OCH3 is 1. The number of nitrogens with zero attached hydrogens (tertiary/aromatic N) is 3. The van der Waals surface area contributed by atoms with Crippen molar-refractivity contribution < 1.29 is 14.3 Å². The minimum absolute atomic E-state index is 0.244. The van der Waals surface area contributed by atoms with Crippen molar-refractivity contribution >= 4 is 46.3 Å². The topological polar surface area (TPSA) is 112 Å². The van der Waals surface area contributed by atoms with E-state index in [9.17, 15) is 9.59 Å². The van der Waals surface area contributed by atoms with Crippen LogP contribution in [0.15, 0.2) is 54.7 Å². The molecule has 3 N–H and O–H groups in total. The molecule has 0 aliphatic heterocycles. The molecule has 0 aliphatic carbocycles. The van der Waals surface area contributed by atoms with E-state index in [2.05, 4.69) is 30.3 Å². The minimum Gasteiger partial charge on any atom is -0.453 e. The van der Waals surface area contributed by atoms with Gasteiger partial charge >= 0.3 is 12.1 Å². The average molecular weight is 465 g/mol. The molecule has 4 rings (SSSR count). The number of pyridine rings is 1. The first-order valence-electron chi connectivity index (χ1n) is 9.93. The van der Waals surface area contributed by atoms with E-state index in [4.69, 9.17) is 11.6 Å². The van der Waals surface area contributed by atoms with Crippen LogP contribution in [0.3, 0.4) is 0 Å². The number of fused-ring (bicyclic) bond motifs is 1. The molecule has 0 bridgehead atoms. The molecule has 0 radical (unpaired) electrons. The Morgan fingerprint density at radius 2 is 1.73 bits per heavy atom. The molecule has 168 valence electrons. The summed E-state index contributed by atoms with van der Waals surface area (Å²) in [5.74, 6) is 0.540. The van der Waals surface area contributed by atoms with Crippen molar-refractivity contribution in [2.45, 2.75) is 0 Å². The van der Waals surface area contributed by atoms with Gasteiger partial charge in [0.15, 0.2) is 5.65 Å². The van der Waals surface area contributed by atoms with E-state index in [1.807, 2.05) is 18.2 Å². The Morgan fingerprint density at radius 3 is 2.42 bits per heavy atom. The largest absolute Gasteiger partial charge is 0.453 e. The van der Waals surface area contributed by atoms with Gasteiger partial charge < -0.3 is 19.9 Å². The van der Waals surface area contributed by atoms with Crippen LogP contribution in [0.5, 0.6) is 0 Å². The predicted octanol–water partition coefficient (Wildman–Crippen LogP) is 5.22. The monoisotopic (exact) mass is 464 g/mol. The molecule has 9 nitrogen and oxygen atoms in total. The standard InChI is InChI=1S/C23H21ClN6O3/c1-30(2)22(31)26-16-8-9-18(24)17(11-16)20-28-19-10-14(12-25-21(19)29-20)13-4-6-15(7-5-13)27-23(32)33-3/h4-12H,1-3H3,(H,26,31)(H,27,32)(H,25,28,29). The van der Waals surface area contributed by atoms with Crippen molar-refractivity contribution in [1.82, 2.24) is 19.9 Å². The molecule has 4 aromatic rings. The number of carbonyl (C=O) groups is 2. The molecule has 10 heteroatoms. The third-order valence-corrected chi connectivity index (χ3v) is 5.20. The van der Waals surface area contributed by atoms with Crippen LogP contribution in [-0.4, -0.2) is 53.2 Å². The quantitative estimate of drug-likeness (QED) is 0.383. The van der Waals surface area contributed by atoms with Crippen LogP contribution in [0.2, 0.25) is 5.02 Å². The molecule has 0 saturated heterocycles. The average Bonchev–Trinajstić information content (AvgIpc) is 3.23. The zero-order valence-corrected chi connectivity index (χ0v) is 18.9. The highest BCUT2D eigenvalue weighted by Crippen LogP contribution is 2.31. The van der Waals surface area contributed by atoms with Crippen LogP contribution in [-0.2, 0) is 4.74 Å². The predicted molar refractivity (Wildman–Crippen MR) is 129 cm³/mol. The number of H-pyrrole nitrogens is 1. The molecule has 0 aliphatic rings. The number of hydrogen-bond donors (Lipinski definition) is 3. The summed E-state index contributed by atoms with van der Waals surface area (Å²) in [6.07, 6.45) is 1.20. The number of anilines is 2. The lowest BCUT2D eigenvalue weighted by atomic mass is 10.1. The maximum Gasteiger partial charge on any atom is 0.411 e. The highest BCUT2D eigenvalue weighted by molar-refractivity contribution is 6.33. The molecule has 0 spiro atoms. The second-order valence-electron chi connectivity index (χ2n) is 7.39. The number of nitrogens with one attached hydrogen (secondary N) is 3. The van der Waals surface area contributed by atoms with E-state index in [-0.39, 0.29) is 6.03 Å². The van der Waals surface area contributed by atoms with Gasteiger partial charge in [0.2, 0.25) is 0 Å². The van der Waals surface area contributed by atoms with Gasteiger partial charge in [-0.15, -0.1) is 0 Å². The normalized spacial score (nSPS) is 10.7. The van der Waals surface area contributed by atoms with Gasteiger partial charge in [-0.25, -0.2) is 19.6 Å². The third kappa shape index (κ3) is 4.88. The molecule has 0 atom stereocenters. The van der Waals surface area contributed by atoms with Crippen molar-refractivity contribution in [2.24, 2.45) is 0 Å². The Morgan fingerprint density at radius 1 is 1.00 bits per heavy atom. The van der Waals surface area contributed by atoms with E-state index in [1.165, 1.54) is 12.0 Å². The fourth-order valence-electron chi connectivity index (χ4n) is 3.12. The van der Waals surface area contributed by atoms with Crippen LogP contribution in [0.25, 0.3) is 33.7 Å². The van der Waals surface area contributed by atoms with Gasteiger partial charge in [-0.3, -0.25) is 5.32 Å². The number of rotatable bonds is 4. The Bertz CT molecular complexity index is 1330. The Hall–Kier alpha value is -4.11. The SMILES string of the molecule is COC(=O)Nc1ccc(-c2cnc3nc(-c4cc(NC(=O)N(C)C)ccc4Cl)[nH]c3c2)cc1. The number of aromatic amines is 1. The van der Waals surface area contributed by atoms with Crippen molar-refractivity contribution in [3.8, 4) is 22.5 Å². The molecule has 2 aromatic carbocycles. The van der Waals surface area contributed by atoms with Crippen LogP contribution < -0.4 is 10.6 Å². The number of amides is 3. The van der Waals surface area contributed by atoms with Crippen LogP contribution in [0.4, 0.5) is 21.0 Å². The summed E-state index contributed by atoms with van der Waals surface area (Å²) in [7, 11) is 4.64. The first-order chi connectivity index (χ1) is 15.8. The zero-order valence-electron chi connectivity index (χ0n) is 18.1. The Labute approximate surface area is 194 Å². The van der Waals surface area contributed by atoms with Gasteiger partial charge in [-0.2, -0.15) is 0 Å². The van der Waals surface area contributed by atoms with Crippen molar-refractivity contribution in [1.29, 1.82) is 0 Å². The van der Waals surface area contributed by atoms with Gasteiger partial charge in [-0.05, 0) is 42.0 Å². The number of urea groups is 1. The molecule has 0 fully saturated rings. The van der Waals surface area contributed by atoms with Gasteiger partial charge in [-0.1, -0.05) is 23.7 Å². The first kappa shape index (κ1) is 22.1. The number of carbonyl (C=O) groups excluding carboxylic acids is 2. The lowest BCUT2D eigenvalue weighted by Gasteiger charge is -2.12. The molecule has 3 amide bonds. The molecular weight excluding hydrogens is 444 g/mol. The maximum absolute atomic E-state index is 12.0. The zero-order chi connectivity index (χ0) is 23.5. The van der Waals surface area contributed by atoms with E-state index >= 15 is 0 Å². The lowest BCUT2D eigenvalue weighted by molar-refractivity contribution is 0.187. The van der Waals surface area contributed by atoms with Crippen LogP contribution >= 0.6 is 11.6 Å². The molecule has 33 heavy (non-hydrogen) atoms. The maximum atomic E-state index is 12.0. The van der Waals surface area contributed by atoms with Gasteiger partial charge in [0.05, 0.1) is 17.6 Å². The minimum atomic E-state index is -0.528. The van der Waals surface area contributed by atoms with Crippen LogP contribution in [0, 0.1) is 0 Å². The van der Waals surface area contributed by atoms with Crippen LogP contribution in [0.1, 0.15) is 0 Å². The molecule has 2 aromatic heterocycles. The summed E-state index contributed by atoms with van der Waals surface area (Å²) in [5.41, 5.74) is 4.94. The summed E-state index contributed by atoms with van der Waals surface area (Å²) in [4.78, 5) is 37.0. The summed E-state index contributed by atoms with van der Waals surface area (Å²) in [6.45, 7) is 0. The first-order valence-corrected chi connectivity index (χ1v) is 10.3. The van der Waals surface area contributed by atoms with E-state index in [1.54, 1.807) is 50.6 Å². The molecule has 0 saturated carbocycles. The van der Waals surface area contributed by atoms with Crippen molar-refractivity contribution in [3.63, 3.8) is 0 Å². The fourth-order valence-corrected chi connectivity index (χ4v) is 3.33. The summed E-state index contributed by atoms with van der Waals surface area (Å²) in [6, 6.07) is 14.2. The number of ether oxygens (including phenoxy) is 1. The van der Waals surface area contributed by atoms with Gasteiger partial charge in [0.1, 0.15) is 5.82 Å². The Balaban J connectivity index is 1.62.